The standard InChI is InChI=1S/C17H15FN2O3/c1-22-15-7-12-13(9-19-14(12)8-16(15)23-2)17(21)20-11-5-3-4-10(18)6-11/h3-9,19H,1-2H3,(H,20,21). The molecule has 3 rings (SSSR count). The van der Waals surface area contributed by atoms with E-state index in [0.717, 1.165) is 5.52 Å². The van der Waals surface area contributed by atoms with Crippen LogP contribution in [0.5, 0.6) is 11.5 Å². The van der Waals surface area contributed by atoms with Crippen molar-refractivity contribution in [3.63, 3.8) is 0 Å². The van der Waals surface area contributed by atoms with Crippen LogP contribution >= 0.6 is 0 Å². The van der Waals surface area contributed by atoms with Crippen LogP contribution in [-0.2, 0) is 0 Å². The molecule has 5 nitrogen and oxygen atoms in total. The Hall–Kier alpha value is -3.02. The third-order valence-corrected chi connectivity index (χ3v) is 3.51. The molecule has 2 N–H and O–H groups in total. The second-order valence-corrected chi connectivity index (χ2v) is 4.92. The third kappa shape index (κ3) is 2.83. The molecule has 3 aromatic rings. The largest absolute Gasteiger partial charge is 0.493 e. The Morgan fingerprint density at radius 1 is 1.13 bits per heavy atom. The molecule has 0 bridgehead atoms. The molecular weight excluding hydrogens is 299 g/mol. The Morgan fingerprint density at radius 2 is 1.87 bits per heavy atom. The fraction of sp³-hybridized carbons (Fsp3) is 0.118. The van der Waals surface area contributed by atoms with Gasteiger partial charge in [-0.15, -0.1) is 0 Å². The predicted octanol–water partition coefficient (Wildman–Crippen LogP) is 3.58. The van der Waals surface area contributed by atoms with Crippen molar-refractivity contribution in [1.82, 2.24) is 4.98 Å². The normalized spacial score (nSPS) is 10.6. The third-order valence-electron chi connectivity index (χ3n) is 3.51. The van der Waals surface area contributed by atoms with Crippen molar-refractivity contribution >= 4 is 22.5 Å². The van der Waals surface area contributed by atoms with Crippen LogP contribution in [0, 0.1) is 5.82 Å². The number of ether oxygens (including phenoxy) is 2. The first kappa shape index (κ1) is 14.9. The topological polar surface area (TPSA) is 63.4 Å². The van der Waals surface area contributed by atoms with E-state index in [1.165, 1.54) is 25.3 Å². The summed E-state index contributed by atoms with van der Waals surface area (Å²) >= 11 is 0. The lowest BCUT2D eigenvalue weighted by atomic mass is 10.1. The number of halogens is 1. The molecule has 0 unspecified atom stereocenters. The summed E-state index contributed by atoms with van der Waals surface area (Å²) in [4.78, 5) is 15.5. The van der Waals surface area contributed by atoms with Crippen molar-refractivity contribution in [3.8, 4) is 11.5 Å². The van der Waals surface area contributed by atoms with Gasteiger partial charge in [-0.3, -0.25) is 4.79 Å². The Morgan fingerprint density at radius 3 is 2.57 bits per heavy atom. The monoisotopic (exact) mass is 314 g/mol. The van der Waals surface area contributed by atoms with Crippen molar-refractivity contribution in [2.45, 2.75) is 0 Å². The highest BCUT2D eigenvalue weighted by Crippen LogP contribution is 2.33. The predicted molar refractivity (Wildman–Crippen MR) is 85.8 cm³/mol. The number of H-pyrrole nitrogens is 1. The number of rotatable bonds is 4. The Balaban J connectivity index is 1.97. The van der Waals surface area contributed by atoms with E-state index < -0.39 is 5.82 Å². The molecule has 0 aliphatic carbocycles. The number of benzene rings is 2. The van der Waals surface area contributed by atoms with Crippen molar-refractivity contribution in [2.75, 3.05) is 19.5 Å². The first-order valence-electron chi connectivity index (χ1n) is 6.92. The minimum Gasteiger partial charge on any atom is -0.493 e. The number of carbonyl (C=O) groups is 1. The number of amides is 1. The van der Waals surface area contributed by atoms with Crippen LogP contribution in [0.3, 0.4) is 0 Å². The van der Waals surface area contributed by atoms with Gasteiger partial charge in [-0.2, -0.15) is 0 Å². The summed E-state index contributed by atoms with van der Waals surface area (Å²) in [6.07, 6.45) is 1.60. The van der Waals surface area contributed by atoms with E-state index in [2.05, 4.69) is 10.3 Å². The molecule has 1 heterocycles. The highest BCUT2D eigenvalue weighted by molar-refractivity contribution is 6.13. The highest BCUT2D eigenvalue weighted by Gasteiger charge is 2.15. The Bertz CT molecular complexity index is 873. The van der Waals surface area contributed by atoms with Crippen LogP contribution in [0.4, 0.5) is 10.1 Å². The Labute approximate surface area is 132 Å². The second kappa shape index (κ2) is 6.00. The molecule has 2 aromatic carbocycles. The fourth-order valence-electron chi connectivity index (χ4n) is 2.40. The molecule has 0 saturated heterocycles. The average molecular weight is 314 g/mol. The van der Waals surface area contributed by atoms with E-state index in [1.807, 2.05) is 0 Å². The number of methoxy groups -OCH3 is 2. The molecule has 0 aliphatic heterocycles. The van der Waals surface area contributed by atoms with Crippen molar-refractivity contribution < 1.29 is 18.7 Å². The van der Waals surface area contributed by atoms with Crippen LogP contribution in [0.2, 0.25) is 0 Å². The molecule has 0 atom stereocenters. The fourth-order valence-corrected chi connectivity index (χ4v) is 2.40. The molecule has 0 radical (unpaired) electrons. The van der Waals surface area contributed by atoms with Crippen LogP contribution in [0.15, 0.2) is 42.6 Å². The maximum absolute atomic E-state index is 13.2. The lowest BCUT2D eigenvalue weighted by Gasteiger charge is -2.08. The lowest BCUT2D eigenvalue weighted by Crippen LogP contribution is -2.11. The molecule has 118 valence electrons. The molecule has 0 spiro atoms. The first-order valence-corrected chi connectivity index (χ1v) is 6.92. The number of nitrogens with one attached hydrogen (secondary N) is 2. The van der Waals surface area contributed by atoms with E-state index in [9.17, 15) is 9.18 Å². The molecular formula is C17H15FN2O3. The first-order chi connectivity index (χ1) is 11.1. The van der Waals surface area contributed by atoms with Gasteiger partial charge in [-0.1, -0.05) is 6.07 Å². The minimum absolute atomic E-state index is 0.339. The summed E-state index contributed by atoms with van der Waals surface area (Å²) in [7, 11) is 3.08. The zero-order valence-corrected chi connectivity index (χ0v) is 12.6. The van der Waals surface area contributed by atoms with E-state index >= 15 is 0 Å². The number of hydrogen-bond donors (Lipinski definition) is 2. The van der Waals surface area contributed by atoms with E-state index in [1.54, 1.807) is 31.5 Å². The number of aromatic nitrogens is 1. The minimum atomic E-state index is -0.409. The number of fused-ring (bicyclic) bond motifs is 1. The van der Waals surface area contributed by atoms with Gasteiger partial charge in [0, 0.05) is 23.3 Å². The second-order valence-electron chi connectivity index (χ2n) is 4.92. The van der Waals surface area contributed by atoms with Crippen LogP contribution in [0.1, 0.15) is 10.4 Å². The number of anilines is 1. The average Bonchev–Trinajstić information content (AvgIpc) is 2.96. The highest BCUT2D eigenvalue weighted by atomic mass is 19.1. The maximum Gasteiger partial charge on any atom is 0.257 e. The summed E-state index contributed by atoms with van der Waals surface area (Å²) < 4.78 is 23.7. The van der Waals surface area contributed by atoms with E-state index in [-0.39, 0.29) is 5.91 Å². The van der Waals surface area contributed by atoms with Gasteiger partial charge in [0.05, 0.1) is 25.3 Å². The molecule has 1 amide bonds. The van der Waals surface area contributed by atoms with Gasteiger partial charge in [0.15, 0.2) is 11.5 Å². The zero-order valence-electron chi connectivity index (χ0n) is 12.6. The molecule has 6 heteroatoms. The smallest absolute Gasteiger partial charge is 0.257 e. The number of hydrogen-bond acceptors (Lipinski definition) is 3. The van der Waals surface area contributed by atoms with Gasteiger partial charge in [0.25, 0.3) is 5.91 Å². The summed E-state index contributed by atoms with van der Waals surface area (Å²) in [6.45, 7) is 0. The lowest BCUT2D eigenvalue weighted by molar-refractivity contribution is 0.102. The van der Waals surface area contributed by atoms with Gasteiger partial charge in [0.1, 0.15) is 5.82 Å². The molecule has 0 saturated carbocycles. The summed E-state index contributed by atoms with van der Waals surface area (Å²) in [5.41, 5.74) is 1.57. The zero-order chi connectivity index (χ0) is 16.4. The van der Waals surface area contributed by atoms with Gasteiger partial charge < -0.3 is 19.8 Å². The quantitative estimate of drug-likeness (QED) is 0.774. The van der Waals surface area contributed by atoms with Crippen LogP contribution < -0.4 is 14.8 Å². The number of carbonyl (C=O) groups excluding carboxylic acids is 1. The van der Waals surface area contributed by atoms with Gasteiger partial charge in [-0.25, -0.2) is 4.39 Å². The molecule has 0 aliphatic rings. The van der Waals surface area contributed by atoms with Gasteiger partial charge >= 0.3 is 0 Å². The summed E-state index contributed by atoms with van der Waals surface area (Å²) in [6, 6.07) is 9.22. The van der Waals surface area contributed by atoms with Gasteiger partial charge in [-0.05, 0) is 24.3 Å². The van der Waals surface area contributed by atoms with Crippen molar-refractivity contribution in [1.29, 1.82) is 0 Å². The van der Waals surface area contributed by atoms with Crippen molar-refractivity contribution in [3.05, 3.63) is 54.0 Å². The molecule has 1 aromatic heterocycles. The SMILES string of the molecule is COc1cc2[nH]cc(C(=O)Nc3cccc(F)c3)c2cc1OC. The summed E-state index contributed by atoms with van der Waals surface area (Å²) in [5.74, 6) is 0.348. The maximum atomic E-state index is 13.2. The van der Waals surface area contributed by atoms with Crippen molar-refractivity contribution in [2.24, 2.45) is 0 Å². The molecule has 23 heavy (non-hydrogen) atoms. The van der Waals surface area contributed by atoms with E-state index in [0.29, 0.717) is 28.1 Å². The van der Waals surface area contributed by atoms with E-state index in [4.69, 9.17) is 9.47 Å². The summed E-state index contributed by atoms with van der Waals surface area (Å²) in [5, 5.41) is 3.36. The van der Waals surface area contributed by atoms with Gasteiger partial charge in [0.2, 0.25) is 0 Å². The Kier molecular flexibility index (Phi) is 3.89. The number of aromatic amines is 1. The molecule has 0 fully saturated rings. The van der Waals surface area contributed by atoms with Crippen LogP contribution in [0.25, 0.3) is 10.9 Å². The van der Waals surface area contributed by atoms with Crippen LogP contribution in [-0.4, -0.2) is 25.1 Å².